The third kappa shape index (κ3) is 4.66. The molecule has 1 atom stereocenters. The average molecular weight is 374 g/mol. The standard InChI is InChI=1S/C20H30N4O3/c1-4-21-20(24-9-7-15(25)13-24)22-8-5-6-14-10-17-18(23-14)11-16(26-2)12-19(17)27-3/h10-12,15,23,25H,4-9,13H2,1-3H3,(H,21,22)/t15-/m1/s1. The zero-order chi connectivity index (χ0) is 19.2. The molecule has 1 fully saturated rings. The number of hydrogen-bond donors (Lipinski definition) is 3. The number of guanidine groups is 1. The van der Waals surface area contributed by atoms with E-state index in [1.165, 1.54) is 0 Å². The number of likely N-dealkylation sites (tertiary alicyclic amines) is 1. The summed E-state index contributed by atoms with van der Waals surface area (Å²) < 4.78 is 10.8. The quantitative estimate of drug-likeness (QED) is 0.393. The van der Waals surface area contributed by atoms with Gasteiger partial charge in [-0.3, -0.25) is 4.99 Å². The van der Waals surface area contributed by atoms with E-state index in [4.69, 9.17) is 14.5 Å². The SMILES string of the molecule is CCNC(=NCCCc1cc2c(OC)cc(OC)cc2[nH]1)N1CC[C@@H](O)C1. The predicted molar refractivity (Wildman–Crippen MR) is 108 cm³/mol. The highest BCUT2D eigenvalue weighted by Gasteiger charge is 2.22. The van der Waals surface area contributed by atoms with Crippen LogP contribution in [0.3, 0.4) is 0 Å². The minimum absolute atomic E-state index is 0.243. The van der Waals surface area contributed by atoms with Crippen LogP contribution in [0.15, 0.2) is 23.2 Å². The molecule has 1 aromatic carbocycles. The average Bonchev–Trinajstić information content (AvgIpc) is 3.29. The largest absolute Gasteiger partial charge is 0.497 e. The van der Waals surface area contributed by atoms with Crippen LogP contribution in [0.25, 0.3) is 10.9 Å². The number of rotatable bonds is 7. The molecule has 0 amide bonds. The van der Waals surface area contributed by atoms with Crippen molar-refractivity contribution in [1.29, 1.82) is 0 Å². The lowest BCUT2D eigenvalue weighted by molar-refractivity contribution is 0.188. The molecule has 0 radical (unpaired) electrons. The second-order valence-corrected chi connectivity index (χ2v) is 6.81. The van der Waals surface area contributed by atoms with Crippen LogP contribution in [-0.2, 0) is 6.42 Å². The molecule has 2 heterocycles. The summed E-state index contributed by atoms with van der Waals surface area (Å²) in [4.78, 5) is 10.3. The first-order valence-electron chi connectivity index (χ1n) is 9.59. The molecule has 0 spiro atoms. The van der Waals surface area contributed by atoms with Gasteiger partial charge in [-0.1, -0.05) is 0 Å². The van der Waals surface area contributed by atoms with Crippen molar-refractivity contribution in [2.75, 3.05) is 40.4 Å². The third-order valence-electron chi connectivity index (χ3n) is 4.85. The Balaban J connectivity index is 1.62. The summed E-state index contributed by atoms with van der Waals surface area (Å²) >= 11 is 0. The molecular weight excluding hydrogens is 344 g/mol. The van der Waals surface area contributed by atoms with Crippen LogP contribution in [0.1, 0.15) is 25.5 Å². The Hall–Kier alpha value is -2.41. The van der Waals surface area contributed by atoms with Gasteiger partial charge in [-0.25, -0.2) is 0 Å². The summed E-state index contributed by atoms with van der Waals surface area (Å²) in [5.74, 6) is 2.49. The zero-order valence-electron chi connectivity index (χ0n) is 16.4. The van der Waals surface area contributed by atoms with E-state index in [-0.39, 0.29) is 6.10 Å². The molecule has 27 heavy (non-hydrogen) atoms. The second kappa shape index (κ2) is 8.99. The highest BCUT2D eigenvalue weighted by Crippen LogP contribution is 2.31. The maximum absolute atomic E-state index is 9.74. The lowest BCUT2D eigenvalue weighted by atomic mass is 10.2. The van der Waals surface area contributed by atoms with E-state index in [1.54, 1.807) is 14.2 Å². The number of aliphatic imine (C=N–C) groups is 1. The number of fused-ring (bicyclic) bond motifs is 1. The maximum atomic E-state index is 9.74. The van der Waals surface area contributed by atoms with E-state index in [9.17, 15) is 5.11 Å². The van der Waals surface area contributed by atoms with Crippen LogP contribution in [0.2, 0.25) is 0 Å². The molecule has 1 aliphatic heterocycles. The van der Waals surface area contributed by atoms with Crippen LogP contribution in [0.5, 0.6) is 11.5 Å². The number of hydrogen-bond acceptors (Lipinski definition) is 4. The van der Waals surface area contributed by atoms with Crippen molar-refractivity contribution in [2.45, 2.75) is 32.3 Å². The molecule has 0 unspecified atom stereocenters. The number of H-pyrrole nitrogens is 1. The van der Waals surface area contributed by atoms with Crippen molar-refractivity contribution >= 4 is 16.9 Å². The van der Waals surface area contributed by atoms with Gasteiger partial charge in [0.2, 0.25) is 0 Å². The normalized spacial score (nSPS) is 17.6. The highest BCUT2D eigenvalue weighted by atomic mass is 16.5. The lowest BCUT2D eigenvalue weighted by Gasteiger charge is -2.20. The Kier molecular flexibility index (Phi) is 6.45. The number of methoxy groups -OCH3 is 2. The maximum Gasteiger partial charge on any atom is 0.194 e. The summed E-state index contributed by atoms with van der Waals surface area (Å²) in [7, 11) is 3.33. The summed E-state index contributed by atoms with van der Waals surface area (Å²) in [6.45, 7) is 5.15. The molecule has 7 heteroatoms. The van der Waals surface area contributed by atoms with Gasteiger partial charge in [0.1, 0.15) is 11.5 Å². The number of nitrogens with one attached hydrogen (secondary N) is 2. The van der Waals surface area contributed by atoms with Gasteiger partial charge >= 0.3 is 0 Å². The first kappa shape index (κ1) is 19.4. The Labute approximate surface area is 160 Å². The fourth-order valence-corrected chi connectivity index (χ4v) is 3.47. The van der Waals surface area contributed by atoms with Gasteiger partial charge in [0.15, 0.2) is 5.96 Å². The predicted octanol–water partition coefficient (Wildman–Crippen LogP) is 2.15. The van der Waals surface area contributed by atoms with E-state index in [0.717, 1.165) is 73.0 Å². The summed E-state index contributed by atoms with van der Waals surface area (Å²) in [6, 6.07) is 6.03. The Morgan fingerprint density at radius 2 is 2.19 bits per heavy atom. The van der Waals surface area contributed by atoms with Crippen LogP contribution in [0.4, 0.5) is 0 Å². The van der Waals surface area contributed by atoms with Gasteiger partial charge in [0.05, 0.1) is 25.8 Å². The minimum atomic E-state index is -0.243. The molecule has 3 rings (SSSR count). The molecule has 7 nitrogen and oxygen atoms in total. The van der Waals surface area contributed by atoms with E-state index in [2.05, 4.69) is 28.2 Å². The molecule has 0 aliphatic carbocycles. The van der Waals surface area contributed by atoms with Gasteiger partial charge in [0, 0.05) is 49.4 Å². The number of β-amino-alcohol motifs (C(OH)–C–C–N with tert-alkyl or cyclic N) is 1. The number of nitrogens with zero attached hydrogens (tertiary/aromatic N) is 2. The highest BCUT2D eigenvalue weighted by molar-refractivity contribution is 5.88. The third-order valence-corrected chi connectivity index (χ3v) is 4.85. The van der Waals surface area contributed by atoms with Crippen LogP contribution < -0.4 is 14.8 Å². The van der Waals surface area contributed by atoms with Crippen molar-refractivity contribution in [3.8, 4) is 11.5 Å². The van der Waals surface area contributed by atoms with Crippen LogP contribution in [-0.4, -0.2) is 67.5 Å². The molecule has 1 aromatic heterocycles. The molecule has 1 aliphatic rings. The Morgan fingerprint density at radius 3 is 2.85 bits per heavy atom. The number of aliphatic hydroxyl groups is 1. The molecule has 148 valence electrons. The van der Waals surface area contributed by atoms with Gasteiger partial charge in [-0.2, -0.15) is 0 Å². The molecule has 0 saturated carbocycles. The van der Waals surface area contributed by atoms with Crippen molar-refractivity contribution in [3.63, 3.8) is 0 Å². The van der Waals surface area contributed by atoms with E-state index in [1.807, 2.05) is 12.1 Å². The number of benzene rings is 1. The number of aliphatic hydroxyl groups excluding tert-OH is 1. The Bertz CT molecular complexity index is 787. The lowest BCUT2D eigenvalue weighted by Crippen LogP contribution is -2.40. The monoisotopic (exact) mass is 374 g/mol. The van der Waals surface area contributed by atoms with Crippen molar-refractivity contribution < 1.29 is 14.6 Å². The molecule has 3 N–H and O–H groups in total. The summed E-state index contributed by atoms with van der Waals surface area (Å²) in [5, 5.41) is 14.1. The van der Waals surface area contributed by atoms with E-state index >= 15 is 0 Å². The fraction of sp³-hybridized carbons (Fsp3) is 0.550. The smallest absolute Gasteiger partial charge is 0.194 e. The van der Waals surface area contributed by atoms with Gasteiger partial charge in [-0.15, -0.1) is 0 Å². The minimum Gasteiger partial charge on any atom is -0.497 e. The zero-order valence-corrected chi connectivity index (χ0v) is 16.4. The Morgan fingerprint density at radius 1 is 1.33 bits per heavy atom. The molecule has 0 bridgehead atoms. The summed E-state index contributed by atoms with van der Waals surface area (Å²) in [6.07, 6.45) is 2.42. The van der Waals surface area contributed by atoms with Gasteiger partial charge in [0.25, 0.3) is 0 Å². The van der Waals surface area contributed by atoms with Gasteiger partial charge in [-0.05, 0) is 32.3 Å². The fourth-order valence-electron chi connectivity index (χ4n) is 3.47. The van der Waals surface area contributed by atoms with Crippen molar-refractivity contribution in [1.82, 2.24) is 15.2 Å². The number of aryl methyl sites for hydroxylation is 1. The topological polar surface area (TPSA) is 82.1 Å². The van der Waals surface area contributed by atoms with Gasteiger partial charge < -0.3 is 29.8 Å². The number of ether oxygens (including phenoxy) is 2. The number of aromatic nitrogens is 1. The molecule has 2 aromatic rings. The number of aromatic amines is 1. The first-order valence-corrected chi connectivity index (χ1v) is 9.59. The van der Waals surface area contributed by atoms with Crippen LogP contribution >= 0.6 is 0 Å². The van der Waals surface area contributed by atoms with Crippen molar-refractivity contribution in [3.05, 3.63) is 23.9 Å². The first-order chi connectivity index (χ1) is 13.1. The van der Waals surface area contributed by atoms with E-state index < -0.39 is 0 Å². The van der Waals surface area contributed by atoms with Crippen LogP contribution in [0, 0.1) is 0 Å². The summed E-state index contributed by atoms with van der Waals surface area (Å²) in [5.41, 5.74) is 2.18. The second-order valence-electron chi connectivity index (χ2n) is 6.81. The van der Waals surface area contributed by atoms with E-state index in [0.29, 0.717) is 6.54 Å². The molecule has 1 saturated heterocycles. The molecular formula is C20H30N4O3. The van der Waals surface area contributed by atoms with Crippen molar-refractivity contribution in [2.24, 2.45) is 4.99 Å².